The maximum Gasteiger partial charge on any atom is 0.248 e. The van der Waals surface area contributed by atoms with Crippen LogP contribution in [0, 0.1) is 5.92 Å². The average Bonchev–Trinajstić information content (AvgIpc) is 2.27. The molecular weight excluding hydrogens is 226 g/mol. The molecule has 0 heterocycles. The lowest BCUT2D eigenvalue weighted by Crippen LogP contribution is -2.42. The summed E-state index contributed by atoms with van der Waals surface area (Å²) in [5.41, 5.74) is 5.43. The van der Waals surface area contributed by atoms with Crippen LogP contribution >= 0.6 is 0 Å². The van der Waals surface area contributed by atoms with Gasteiger partial charge in [0.05, 0.1) is 0 Å². The summed E-state index contributed by atoms with van der Waals surface area (Å²) in [6, 6.07) is 0.0167. The van der Waals surface area contributed by atoms with Crippen molar-refractivity contribution >= 4 is 5.91 Å². The van der Waals surface area contributed by atoms with Crippen LogP contribution in [0.1, 0.15) is 45.4 Å². The van der Waals surface area contributed by atoms with Gasteiger partial charge in [0.25, 0.3) is 0 Å². The molecule has 3 N–H and O–H groups in total. The predicted octanol–water partition coefficient (Wildman–Crippen LogP) is 2.06. The molecule has 1 aliphatic rings. The van der Waals surface area contributed by atoms with Crippen molar-refractivity contribution in [3.63, 3.8) is 0 Å². The zero-order chi connectivity index (χ0) is 12.9. The molecule has 1 saturated carbocycles. The topological polar surface area (TPSA) is 55.1 Å². The maximum atomic E-state index is 13.2. The molecule has 0 aromatic carbocycles. The molecule has 0 aromatic rings. The molecule has 0 aromatic heterocycles. The van der Waals surface area contributed by atoms with Gasteiger partial charge in [-0.2, -0.15) is 0 Å². The van der Waals surface area contributed by atoms with Crippen LogP contribution in [0.25, 0.3) is 0 Å². The van der Waals surface area contributed by atoms with Gasteiger partial charge >= 0.3 is 0 Å². The van der Waals surface area contributed by atoms with Gasteiger partial charge in [0.1, 0.15) is 0 Å². The molecule has 0 spiro atoms. The predicted molar refractivity (Wildman–Crippen MR) is 62.8 cm³/mol. The van der Waals surface area contributed by atoms with Gasteiger partial charge in [-0.1, -0.05) is 6.92 Å². The molecule has 100 valence electrons. The van der Waals surface area contributed by atoms with Gasteiger partial charge in [0, 0.05) is 24.8 Å². The fourth-order valence-electron chi connectivity index (χ4n) is 2.29. The quantitative estimate of drug-likeness (QED) is 0.782. The lowest BCUT2D eigenvalue weighted by atomic mass is 9.85. The molecule has 0 saturated heterocycles. The number of hydrogen-bond donors (Lipinski definition) is 2. The molecule has 1 aliphatic carbocycles. The minimum atomic E-state index is -2.67. The van der Waals surface area contributed by atoms with Gasteiger partial charge in [0.15, 0.2) is 0 Å². The second kappa shape index (κ2) is 6.28. The molecular formula is C12H22F2N2O. The van der Waals surface area contributed by atoms with Crippen LogP contribution in [0.3, 0.4) is 0 Å². The molecule has 2 atom stereocenters. The number of carbonyl (C=O) groups is 1. The summed E-state index contributed by atoms with van der Waals surface area (Å²) in [4.78, 5) is 11.8. The highest BCUT2D eigenvalue weighted by Gasteiger charge is 2.39. The number of nitrogens with two attached hydrogens (primary N) is 1. The van der Waals surface area contributed by atoms with Crippen LogP contribution in [-0.4, -0.2) is 24.4 Å². The summed E-state index contributed by atoms with van der Waals surface area (Å²) in [6.07, 6.45) is 2.09. The SMILES string of the molecule is CCC(CCN)NC(=O)C1CCCC(F)(F)C1. The molecule has 0 radical (unpaired) electrons. The van der Waals surface area contributed by atoms with E-state index in [1.165, 1.54) is 0 Å². The Labute approximate surface area is 101 Å². The number of alkyl halides is 2. The van der Waals surface area contributed by atoms with Gasteiger partial charge in [-0.15, -0.1) is 0 Å². The summed E-state index contributed by atoms with van der Waals surface area (Å²) >= 11 is 0. The number of amides is 1. The Balaban J connectivity index is 2.46. The zero-order valence-electron chi connectivity index (χ0n) is 10.3. The van der Waals surface area contributed by atoms with Crippen LogP contribution in [-0.2, 0) is 4.79 Å². The molecule has 1 fully saturated rings. The minimum Gasteiger partial charge on any atom is -0.353 e. The first-order valence-corrected chi connectivity index (χ1v) is 6.36. The van der Waals surface area contributed by atoms with E-state index in [9.17, 15) is 13.6 Å². The lowest BCUT2D eigenvalue weighted by molar-refractivity contribution is -0.133. The molecule has 0 aliphatic heterocycles. The Bertz CT molecular complexity index is 259. The number of hydrogen-bond acceptors (Lipinski definition) is 2. The normalized spacial score (nSPS) is 25.3. The third-order valence-electron chi connectivity index (χ3n) is 3.37. The van der Waals surface area contributed by atoms with Gasteiger partial charge in [-0.05, 0) is 32.2 Å². The largest absolute Gasteiger partial charge is 0.353 e. The average molecular weight is 248 g/mol. The van der Waals surface area contributed by atoms with E-state index in [0.29, 0.717) is 25.8 Å². The van der Waals surface area contributed by atoms with Crippen LogP contribution in [0.4, 0.5) is 8.78 Å². The smallest absolute Gasteiger partial charge is 0.248 e. The molecule has 3 nitrogen and oxygen atoms in total. The molecule has 17 heavy (non-hydrogen) atoms. The summed E-state index contributed by atoms with van der Waals surface area (Å²) in [6.45, 7) is 2.45. The molecule has 2 unspecified atom stereocenters. The summed E-state index contributed by atoms with van der Waals surface area (Å²) in [7, 11) is 0. The zero-order valence-corrected chi connectivity index (χ0v) is 10.3. The van der Waals surface area contributed by atoms with E-state index in [1.807, 2.05) is 6.92 Å². The second-order valence-electron chi connectivity index (χ2n) is 4.84. The Hall–Kier alpha value is -0.710. The summed E-state index contributed by atoms with van der Waals surface area (Å²) in [5.74, 6) is -3.44. The monoisotopic (exact) mass is 248 g/mol. The minimum absolute atomic E-state index is 0.0167. The standard InChI is InChI=1S/C12H22F2N2O/c1-2-10(5-7-15)16-11(17)9-4-3-6-12(13,14)8-9/h9-10H,2-8,15H2,1H3,(H,16,17). The molecule has 5 heteroatoms. The van der Waals surface area contributed by atoms with E-state index in [-0.39, 0.29) is 24.8 Å². The van der Waals surface area contributed by atoms with Crippen molar-refractivity contribution < 1.29 is 13.6 Å². The van der Waals surface area contributed by atoms with Crippen LogP contribution in [0.15, 0.2) is 0 Å². The lowest BCUT2D eigenvalue weighted by Gasteiger charge is -2.29. The van der Waals surface area contributed by atoms with Crippen molar-refractivity contribution in [2.24, 2.45) is 11.7 Å². The van der Waals surface area contributed by atoms with Gasteiger partial charge in [-0.25, -0.2) is 8.78 Å². The van der Waals surface area contributed by atoms with E-state index in [0.717, 1.165) is 6.42 Å². The van der Waals surface area contributed by atoms with Crippen molar-refractivity contribution in [2.75, 3.05) is 6.54 Å². The maximum absolute atomic E-state index is 13.2. The Kier molecular flexibility index (Phi) is 5.31. The third-order valence-corrected chi connectivity index (χ3v) is 3.37. The van der Waals surface area contributed by atoms with Gasteiger partial charge in [-0.3, -0.25) is 4.79 Å². The van der Waals surface area contributed by atoms with Crippen molar-refractivity contribution in [1.29, 1.82) is 0 Å². The van der Waals surface area contributed by atoms with E-state index < -0.39 is 11.8 Å². The van der Waals surface area contributed by atoms with Crippen molar-refractivity contribution in [3.8, 4) is 0 Å². The van der Waals surface area contributed by atoms with Crippen LogP contribution < -0.4 is 11.1 Å². The van der Waals surface area contributed by atoms with E-state index >= 15 is 0 Å². The van der Waals surface area contributed by atoms with Crippen molar-refractivity contribution in [1.82, 2.24) is 5.32 Å². The molecule has 1 rings (SSSR count). The first-order valence-electron chi connectivity index (χ1n) is 6.36. The van der Waals surface area contributed by atoms with Crippen molar-refractivity contribution in [3.05, 3.63) is 0 Å². The Morgan fingerprint density at radius 3 is 2.82 bits per heavy atom. The fraction of sp³-hybridized carbons (Fsp3) is 0.917. The third kappa shape index (κ3) is 4.58. The number of nitrogens with one attached hydrogen (secondary N) is 1. The fourth-order valence-corrected chi connectivity index (χ4v) is 2.29. The van der Waals surface area contributed by atoms with Gasteiger partial charge in [0.2, 0.25) is 11.8 Å². The molecule has 1 amide bonds. The summed E-state index contributed by atoms with van der Waals surface area (Å²) < 4.78 is 26.4. The first kappa shape index (κ1) is 14.4. The van der Waals surface area contributed by atoms with E-state index in [1.54, 1.807) is 0 Å². The second-order valence-corrected chi connectivity index (χ2v) is 4.84. The van der Waals surface area contributed by atoms with E-state index in [2.05, 4.69) is 5.32 Å². The Morgan fingerprint density at radius 2 is 2.29 bits per heavy atom. The van der Waals surface area contributed by atoms with E-state index in [4.69, 9.17) is 5.73 Å². The van der Waals surface area contributed by atoms with Crippen molar-refractivity contribution in [2.45, 2.75) is 57.4 Å². The summed E-state index contributed by atoms with van der Waals surface area (Å²) in [5, 5.41) is 2.82. The van der Waals surface area contributed by atoms with Gasteiger partial charge < -0.3 is 11.1 Å². The first-order chi connectivity index (χ1) is 7.98. The highest BCUT2D eigenvalue weighted by Crippen LogP contribution is 2.36. The Morgan fingerprint density at radius 1 is 1.59 bits per heavy atom. The number of halogens is 2. The highest BCUT2D eigenvalue weighted by atomic mass is 19.3. The number of carbonyl (C=O) groups excluding carboxylic acids is 1. The highest BCUT2D eigenvalue weighted by molar-refractivity contribution is 5.79. The number of rotatable bonds is 5. The van der Waals surface area contributed by atoms with Crippen LogP contribution in [0.5, 0.6) is 0 Å². The molecule has 0 bridgehead atoms. The van der Waals surface area contributed by atoms with Crippen LogP contribution in [0.2, 0.25) is 0 Å².